The highest BCUT2D eigenvalue weighted by molar-refractivity contribution is 7.89. The molecule has 0 unspecified atom stereocenters. The lowest BCUT2D eigenvalue weighted by Gasteiger charge is -2.06. The Hall–Kier alpha value is -2.53. The molecule has 0 bridgehead atoms. The molecule has 1 amide bonds. The molecule has 1 rings (SSSR count). The van der Waals surface area contributed by atoms with E-state index < -0.39 is 26.8 Å². The van der Waals surface area contributed by atoms with Gasteiger partial charge in [-0.05, 0) is 12.1 Å². The molecule has 102 valence electrons. The first-order chi connectivity index (χ1) is 8.74. The highest BCUT2D eigenvalue weighted by atomic mass is 32.2. The van der Waals surface area contributed by atoms with Gasteiger partial charge in [-0.15, -0.1) is 4.83 Å². The predicted octanol–water partition coefficient (Wildman–Crippen LogP) is -1.01. The molecule has 3 N–H and O–H groups in total. The number of nitro benzene ring substituents is 1. The van der Waals surface area contributed by atoms with Crippen LogP contribution in [0.5, 0.6) is 0 Å². The van der Waals surface area contributed by atoms with Gasteiger partial charge in [-0.25, -0.2) is 13.2 Å². The topological polar surface area (TPSA) is 156 Å². The van der Waals surface area contributed by atoms with Crippen LogP contribution in [-0.2, 0) is 19.6 Å². The molecule has 0 saturated heterocycles. The van der Waals surface area contributed by atoms with E-state index >= 15 is 0 Å². The van der Waals surface area contributed by atoms with Gasteiger partial charge >= 0.3 is 11.9 Å². The first kappa shape index (κ1) is 14.5. The molecule has 0 aromatic heterocycles. The quantitative estimate of drug-likeness (QED) is 0.364. The number of hydrazine groups is 1. The fourth-order valence-electron chi connectivity index (χ4n) is 0.973. The summed E-state index contributed by atoms with van der Waals surface area (Å²) in [6.45, 7) is 0. The Balaban J connectivity index is 2.86. The Morgan fingerprint density at radius 1 is 1.21 bits per heavy atom. The molecule has 0 aliphatic carbocycles. The summed E-state index contributed by atoms with van der Waals surface area (Å²) in [6.07, 6.45) is 0. The number of nitrogens with one attached hydrogen (secondary N) is 2. The fraction of sp³-hybridized carbons (Fsp3) is 0. The van der Waals surface area contributed by atoms with Crippen molar-refractivity contribution < 1.29 is 28.0 Å². The largest absolute Gasteiger partial charge is 0.474 e. The van der Waals surface area contributed by atoms with Crippen molar-refractivity contribution >= 4 is 27.6 Å². The summed E-state index contributed by atoms with van der Waals surface area (Å²) in [6, 6.07) is 3.78. The van der Waals surface area contributed by atoms with E-state index in [1.54, 1.807) is 0 Å². The van der Waals surface area contributed by atoms with Gasteiger partial charge in [0.1, 0.15) is 0 Å². The predicted molar refractivity (Wildman–Crippen MR) is 59.2 cm³/mol. The van der Waals surface area contributed by atoms with Crippen molar-refractivity contribution in [3.63, 3.8) is 0 Å². The second kappa shape index (κ2) is 5.41. The SMILES string of the molecule is O=C(O)C(=O)NNS(=O)(=O)c1ccc([N+](=O)[O-])cc1. The Labute approximate surface area is 106 Å². The number of carboxylic acid groups (broad SMARTS) is 1. The number of hydrogen-bond donors (Lipinski definition) is 3. The third-order valence-corrected chi connectivity index (χ3v) is 3.11. The molecule has 11 heteroatoms. The zero-order valence-corrected chi connectivity index (χ0v) is 9.88. The molecule has 10 nitrogen and oxygen atoms in total. The lowest BCUT2D eigenvalue weighted by molar-refractivity contribution is -0.384. The van der Waals surface area contributed by atoms with E-state index in [0.29, 0.717) is 0 Å². The zero-order valence-electron chi connectivity index (χ0n) is 9.06. The number of rotatable bonds is 4. The number of non-ortho nitro benzene ring substituents is 1. The number of carboxylic acids is 1. The van der Waals surface area contributed by atoms with Crippen LogP contribution in [-0.4, -0.2) is 30.3 Å². The van der Waals surface area contributed by atoms with Crippen molar-refractivity contribution in [2.75, 3.05) is 0 Å². The Bertz CT molecular complexity index is 622. The van der Waals surface area contributed by atoms with Gasteiger partial charge in [0.15, 0.2) is 0 Å². The molecule has 0 fully saturated rings. The van der Waals surface area contributed by atoms with Gasteiger partial charge in [0.05, 0.1) is 9.82 Å². The van der Waals surface area contributed by atoms with Crippen molar-refractivity contribution in [2.45, 2.75) is 4.90 Å². The Kier molecular flexibility index (Phi) is 4.14. The molecule has 0 atom stereocenters. The normalized spacial score (nSPS) is 10.7. The molecule has 0 radical (unpaired) electrons. The van der Waals surface area contributed by atoms with E-state index in [9.17, 15) is 28.1 Å². The first-order valence-electron chi connectivity index (χ1n) is 4.53. The number of nitrogens with zero attached hydrogens (tertiary/aromatic N) is 1. The van der Waals surface area contributed by atoms with Crippen molar-refractivity contribution in [3.05, 3.63) is 34.4 Å². The number of carbonyl (C=O) groups is 2. The number of aliphatic carboxylic acids is 1. The summed E-state index contributed by atoms with van der Waals surface area (Å²) in [4.78, 5) is 31.6. The first-order valence-corrected chi connectivity index (χ1v) is 6.02. The molecule has 0 aliphatic rings. The van der Waals surface area contributed by atoms with Gasteiger partial charge < -0.3 is 5.11 Å². The minimum atomic E-state index is -4.20. The lowest BCUT2D eigenvalue weighted by Crippen LogP contribution is -2.44. The number of amides is 1. The molecule has 19 heavy (non-hydrogen) atoms. The van der Waals surface area contributed by atoms with Crippen LogP contribution in [0.4, 0.5) is 5.69 Å². The van der Waals surface area contributed by atoms with Crippen molar-refractivity contribution in [3.8, 4) is 0 Å². The summed E-state index contributed by atoms with van der Waals surface area (Å²) < 4.78 is 23.1. The summed E-state index contributed by atoms with van der Waals surface area (Å²) in [5.41, 5.74) is 1.14. The van der Waals surface area contributed by atoms with Gasteiger partial charge in [0, 0.05) is 12.1 Å². The average molecular weight is 289 g/mol. The monoisotopic (exact) mass is 289 g/mol. The molecule has 0 spiro atoms. The number of carbonyl (C=O) groups excluding carboxylic acids is 1. The standard InChI is InChI=1S/C8H7N3O7S/c12-7(8(13)14)9-10-19(17,18)6-3-1-5(2-4-6)11(15)16/h1-4,10H,(H,9,12)(H,13,14). The lowest BCUT2D eigenvalue weighted by atomic mass is 10.3. The van der Waals surface area contributed by atoms with Crippen molar-refractivity contribution in [1.82, 2.24) is 10.3 Å². The molecule has 0 saturated carbocycles. The van der Waals surface area contributed by atoms with Crippen molar-refractivity contribution in [2.24, 2.45) is 0 Å². The van der Waals surface area contributed by atoms with Gasteiger partial charge in [0.2, 0.25) is 0 Å². The average Bonchev–Trinajstić information content (AvgIpc) is 2.36. The van der Waals surface area contributed by atoms with Crippen LogP contribution in [0.1, 0.15) is 0 Å². The minimum Gasteiger partial charge on any atom is -0.474 e. The number of hydrogen-bond acceptors (Lipinski definition) is 6. The van der Waals surface area contributed by atoms with Crippen LogP contribution in [0.3, 0.4) is 0 Å². The molecular formula is C8H7N3O7S. The maximum Gasteiger partial charge on any atom is 0.395 e. The van der Waals surface area contributed by atoms with E-state index in [-0.39, 0.29) is 10.6 Å². The van der Waals surface area contributed by atoms with E-state index in [1.807, 2.05) is 0 Å². The maximum absolute atomic E-state index is 11.6. The fourth-order valence-corrected chi connectivity index (χ4v) is 1.81. The molecule has 0 aliphatic heterocycles. The third kappa shape index (κ3) is 3.72. The second-order valence-electron chi connectivity index (χ2n) is 3.12. The summed E-state index contributed by atoms with van der Waals surface area (Å²) >= 11 is 0. The smallest absolute Gasteiger partial charge is 0.395 e. The second-order valence-corrected chi connectivity index (χ2v) is 4.80. The van der Waals surface area contributed by atoms with E-state index in [4.69, 9.17) is 5.11 Å². The van der Waals surface area contributed by atoms with Crippen LogP contribution in [0, 0.1) is 10.1 Å². The number of sulfonamides is 1. The summed E-state index contributed by atoms with van der Waals surface area (Å²) in [5.74, 6) is -3.43. The molecule has 0 heterocycles. The van der Waals surface area contributed by atoms with Crippen LogP contribution < -0.4 is 10.3 Å². The third-order valence-electron chi connectivity index (χ3n) is 1.85. The molecule has 1 aromatic rings. The van der Waals surface area contributed by atoms with Crippen molar-refractivity contribution in [1.29, 1.82) is 0 Å². The highest BCUT2D eigenvalue weighted by Crippen LogP contribution is 2.15. The number of nitro groups is 1. The molecular weight excluding hydrogens is 282 g/mol. The van der Waals surface area contributed by atoms with E-state index in [1.165, 1.54) is 10.3 Å². The van der Waals surface area contributed by atoms with Crippen LogP contribution in [0.2, 0.25) is 0 Å². The number of benzene rings is 1. The Morgan fingerprint density at radius 2 is 1.74 bits per heavy atom. The highest BCUT2D eigenvalue weighted by Gasteiger charge is 2.18. The van der Waals surface area contributed by atoms with Crippen LogP contribution in [0.15, 0.2) is 29.2 Å². The zero-order chi connectivity index (χ0) is 14.6. The van der Waals surface area contributed by atoms with Gasteiger partial charge in [0.25, 0.3) is 15.7 Å². The van der Waals surface area contributed by atoms with E-state index in [0.717, 1.165) is 24.3 Å². The Morgan fingerprint density at radius 3 is 2.16 bits per heavy atom. The van der Waals surface area contributed by atoms with Gasteiger partial charge in [-0.3, -0.25) is 20.3 Å². The van der Waals surface area contributed by atoms with Crippen LogP contribution >= 0.6 is 0 Å². The van der Waals surface area contributed by atoms with E-state index in [2.05, 4.69) is 0 Å². The van der Waals surface area contributed by atoms with Gasteiger partial charge in [-0.2, -0.15) is 0 Å². The maximum atomic E-state index is 11.6. The van der Waals surface area contributed by atoms with Gasteiger partial charge in [-0.1, -0.05) is 0 Å². The minimum absolute atomic E-state index is 0.312. The summed E-state index contributed by atoms with van der Waals surface area (Å²) in [5, 5.41) is 18.6. The summed E-state index contributed by atoms with van der Waals surface area (Å²) in [7, 11) is -4.20. The molecule has 1 aromatic carbocycles. The van der Waals surface area contributed by atoms with Crippen LogP contribution in [0.25, 0.3) is 0 Å².